The van der Waals surface area contributed by atoms with E-state index in [0.717, 1.165) is 35.5 Å². The van der Waals surface area contributed by atoms with E-state index in [1.165, 1.54) is 0 Å². The third-order valence-corrected chi connectivity index (χ3v) is 4.34. The van der Waals surface area contributed by atoms with Crippen LogP contribution in [0.4, 0.5) is 0 Å². The average molecular weight is 378 g/mol. The van der Waals surface area contributed by atoms with Crippen LogP contribution in [0.5, 0.6) is 5.75 Å². The number of para-hydroxylation sites is 1. The van der Waals surface area contributed by atoms with Crippen LogP contribution in [0.2, 0.25) is 0 Å². The molecule has 0 bridgehead atoms. The number of rotatable bonds is 7. The van der Waals surface area contributed by atoms with E-state index in [1.807, 2.05) is 72.2 Å². The number of likely N-dealkylation sites (N-methyl/N-ethyl adjacent to an activating group) is 1. The molecule has 2 heterocycles. The number of nitrogens with zero attached hydrogens (tertiary/aromatic N) is 5. The standard InChI is InChI=1S/C21H26N6O/c1-17-23-11-12-27(17)20-10-9-18(15-24-20)16-25-21(22-2)26(3)13-14-28-19-7-5-4-6-8-19/h4-12,15H,13-14,16H2,1-3H3,(H,22,25). The molecule has 28 heavy (non-hydrogen) atoms. The highest BCUT2D eigenvalue weighted by Gasteiger charge is 2.07. The number of ether oxygens (including phenoxy) is 1. The van der Waals surface area contributed by atoms with Gasteiger partial charge in [0.05, 0.1) is 6.54 Å². The fourth-order valence-electron chi connectivity index (χ4n) is 2.77. The van der Waals surface area contributed by atoms with Crippen LogP contribution in [0.15, 0.2) is 66.0 Å². The number of aliphatic imine (C=N–C) groups is 1. The predicted octanol–water partition coefficient (Wildman–Crippen LogP) is 2.66. The molecule has 0 aliphatic heterocycles. The third kappa shape index (κ3) is 5.09. The molecular weight excluding hydrogens is 352 g/mol. The minimum atomic E-state index is 0.585. The lowest BCUT2D eigenvalue weighted by atomic mass is 10.3. The fourth-order valence-corrected chi connectivity index (χ4v) is 2.77. The van der Waals surface area contributed by atoms with Crippen molar-refractivity contribution in [2.45, 2.75) is 13.5 Å². The maximum atomic E-state index is 5.75. The number of guanidine groups is 1. The molecular formula is C21H26N6O. The van der Waals surface area contributed by atoms with Gasteiger partial charge in [0.15, 0.2) is 5.96 Å². The number of hydrogen-bond acceptors (Lipinski definition) is 4. The second-order valence-corrected chi connectivity index (χ2v) is 6.35. The summed E-state index contributed by atoms with van der Waals surface area (Å²) in [5.41, 5.74) is 1.08. The molecule has 0 aliphatic carbocycles. The molecule has 0 radical (unpaired) electrons. The van der Waals surface area contributed by atoms with Crippen LogP contribution in [0.1, 0.15) is 11.4 Å². The van der Waals surface area contributed by atoms with E-state index in [-0.39, 0.29) is 0 Å². The van der Waals surface area contributed by atoms with Gasteiger partial charge in [-0.1, -0.05) is 24.3 Å². The zero-order valence-electron chi connectivity index (χ0n) is 16.5. The van der Waals surface area contributed by atoms with E-state index in [2.05, 4.69) is 26.3 Å². The van der Waals surface area contributed by atoms with Gasteiger partial charge in [-0.25, -0.2) is 9.97 Å². The molecule has 3 aromatic rings. The average Bonchev–Trinajstić information content (AvgIpc) is 3.15. The van der Waals surface area contributed by atoms with Gasteiger partial charge in [0.2, 0.25) is 0 Å². The van der Waals surface area contributed by atoms with Crippen molar-refractivity contribution in [2.75, 3.05) is 27.2 Å². The van der Waals surface area contributed by atoms with Crippen molar-refractivity contribution < 1.29 is 4.74 Å². The zero-order valence-corrected chi connectivity index (χ0v) is 16.5. The normalized spacial score (nSPS) is 11.3. The van der Waals surface area contributed by atoms with E-state index in [1.54, 1.807) is 13.2 Å². The molecule has 0 amide bonds. The molecule has 3 rings (SSSR count). The van der Waals surface area contributed by atoms with Crippen molar-refractivity contribution in [1.82, 2.24) is 24.8 Å². The first-order valence-corrected chi connectivity index (χ1v) is 9.22. The van der Waals surface area contributed by atoms with Crippen molar-refractivity contribution in [1.29, 1.82) is 0 Å². The summed E-state index contributed by atoms with van der Waals surface area (Å²) in [5.74, 6) is 3.46. The molecule has 0 aliphatic rings. The summed E-state index contributed by atoms with van der Waals surface area (Å²) in [6.07, 6.45) is 5.55. The number of hydrogen-bond donors (Lipinski definition) is 1. The lowest BCUT2D eigenvalue weighted by Gasteiger charge is -2.22. The summed E-state index contributed by atoms with van der Waals surface area (Å²) >= 11 is 0. The number of nitrogens with one attached hydrogen (secondary N) is 1. The Hall–Kier alpha value is -3.35. The van der Waals surface area contributed by atoms with E-state index < -0.39 is 0 Å². The van der Waals surface area contributed by atoms with Gasteiger partial charge in [0, 0.05) is 39.2 Å². The van der Waals surface area contributed by atoms with Gasteiger partial charge in [-0.15, -0.1) is 0 Å². The second-order valence-electron chi connectivity index (χ2n) is 6.35. The van der Waals surface area contributed by atoms with Crippen molar-refractivity contribution in [3.8, 4) is 11.6 Å². The summed E-state index contributed by atoms with van der Waals surface area (Å²) in [4.78, 5) is 15.1. The van der Waals surface area contributed by atoms with Crippen molar-refractivity contribution in [2.24, 2.45) is 4.99 Å². The largest absolute Gasteiger partial charge is 0.492 e. The Labute approximate surface area is 165 Å². The molecule has 146 valence electrons. The Bertz CT molecular complexity index is 889. The van der Waals surface area contributed by atoms with Crippen molar-refractivity contribution >= 4 is 5.96 Å². The van der Waals surface area contributed by atoms with Crippen LogP contribution in [0, 0.1) is 6.92 Å². The monoisotopic (exact) mass is 378 g/mol. The predicted molar refractivity (Wildman–Crippen MR) is 111 cm³/mol. The van der Waals surface area contributed by atoms with E-state index in [0.29, 0.717) is 13.2 Å². The molecule has 0 saturated heterocycles. The molecule has 1 N–H and O–H groups in total. The first-order valence-electron chi connectivity index (χ1n) is 9.22. The zero-order chi connectivity index (χ0) is 19.8. The summed E-state index contributed by atoms with van der Waals surface area (Å²) < 4.78 is 7.71. The highest BCUT2D eigenvalue weighted by Crippen LogP contribution is 2.09. The Morgan fingerprint density at radius 3 is 2.64 bits per heavy atom. The number of benzene rings is 1. The summed E-state index contributed by atoms with van der Waals surface area (Å²) in [5, 5.41) is 3.36. The molecule has 0 spiro atoms. The Morgan fingerprint density at radius 2 is 2.00 bits per heavy atom. The molecule has 7 nitrogen and oxygen atoms in total. The lowest BCUT2D eigenvalue weighted by molar-refractivity contribution is 0.281. The minimum Gasteiger partial charge on any atom is -0.492 e. The molecule has 0 unspecified atom stereocenters. The smallest absolute Gasteiger partial charge is 0.193 e. The van der Waals surface area contributed by atoms with E-state index in [9.17, 15) is 0 Å². The van der Waals surface area contributed by atoms with Crippen LogP contribution < -0.4 is 10.1 Å². The lowest BCUT2D eigenvalue weighted by Crippen LogP contribution is -2.40. The highest BCUT2D eigenvalue weighted by molar-refractivity contribution is 5.79. The first kappa shape index (κ1) is 19.4. The third-order valence-electron chi connectivity index (χ3n) is 4.34. The Morgan fingerprint density at radius 1 is 1.18 bits per heavy atom. The van der Waals surface area contributed by atoms with Crippen LogP contribution in [0.25, 0.3) is 5.82 Å². The second kappa shape index (κ2) is 9.55. The number of aryl methyl sites for hydroxylation is 1. The minimum absolute atomic E-state index is 0.585. The van der Waals surface area contributed by atoms with Gasteiger partial charge < -0.3 is 15.0 Å². The fraction of sp³-hybridized carbons (Fsp3) is 0.286. The highest BCUT2D eigenvalue weighted by atomic mass is 16.5. The molecule has 0 atom stereocenters. The van der Waals surface area contributed by atoms with Crippen molar-refractivity contribution in [3.63, 3.8) is 0 Å². The Kier molecular flexibility index (Phi) is 6.62. The van der Waals surface area contributed by atoms with Crippen LogP contribution >= 0.6 is 0 Å². The van der Waals surface area contributed by atoms with Gasteiger partial charge in [-0.2, -0.15) is 0 Å². The molecule has 0 saturated carbocycles. The first-order chi connectivity index (χ1) is 13.7. The van der Waals surface area contributed by atoms with Gasteiger partial charge >= 0.3 is 0 Å². The topological polar surface area (TPSA) is 67.6 Å². The van der Waals surface area contributed by atoms with Crippen LogP contribution in [0.3, 0.4) is 0 Å². The SMILES string of the molecule is CN=C(NCc1ccc(-n2ccnc2C)nc1)N(C)CCOc1ccccc1. The number of pyridine rings is 1. The van der Waals surface area contributed by atoms with Crippen molar-refractivity contribution in [3.05, 3.63) is 72.4 Å². The van der Waals surface area contributed by atoms with Crippen LogP contribution in [-0.4, -0.2) is 52.6 Å². The van der Waals surface area contributed by atoms with Gasteiger partial charge in [-0.05, 0) is 30.7 Å². The van der Waals surface area contributed by atoms with Gasteiger partial charge in [0.25, 0.3) is 0 Å². The van der Waals surface area contributed by atoms with Gasteiger partial charge in [0.1, 0.15) is 24.0 Å². The molecule has 7 heteroatoms. The van der Waals surface area contributed by atoms with E-state index in [4.69, 9.17) is 4.74 Å². The number of aromatic nitrogens is 3. The molecule has 1 aromatic carbocycles. The summed E-state index contributed by atoms with van der Waals surface area (Å²) in [6, 6.07) is 13.9. The number of imidazole rings is 1. The van der Waals surface area contributed by atoms with Crippen LogP contribution in [-0.2, 0) is 6.54 Å². The Balaban J connectivity index is 1.48. The summed E-state index contributed by atoms with van der Waals surface area (Å²) in [7, 11) is 3.77. The van der Waals surface area contributed by atoms with E-state index >= 15 is 0 Å². The molecule has 2 aromatic heterocycles. The maximum absolute atomic E-state index is 5.75. The quantitative estimate of drug-likeness (QED) is 0.506. The molecule has 0 fully saturated rings. The summed E-state index contributed by atoms with van der Waals surface area (Å²) in [6.45, 7) is 3.92. The van der Waals surface area contributed by atoms with Gasteiger partial charge in [-0.3, -0.25) is 9.56 Å². The maximum Gasteiger partial charge on any atom is 0.193 e.